The SMILES string of the molecule is CCCCCC/C=C\COC(=O)CCCCCCC(=O)O[C@@H]1[C@@H](OC(=O)CCCCCCC(=O)OC/C=C\CCCCCC)CO[C@@H]1COC(=O)CCN(C)C. The molecule has 1 saturated heterocycles. The molecular weight excluding hydrogens is 718 g/mol. The Hall–Kier alpha value is -3.25. The Labute approximate surface area is 337 Å². The molecule has 3 atom stereocenters. The number of carbonyl (C=O) groups is 5. The number of unbranched alkanes of at least 4 members (excludes halogenated alkanes) is 14. The first kappa shape index (κ1) is 50.8. The first-order chi connectivity index (χ1) is 27.2. The van der Waals surface area contributed by atoms with Gasteiger partial charge >= 0.3 is 29.8 Å². The largest absolute Gasteiger partial charge is 0.463 e. The summed E-state index contributed by atoms with van der Waals surface area (Å²) < 4.78 is 33.2. The second-order valence-electron chi connectivity index (χ2n) is 14.9. The van der Waals surface area contributed by atoms with E-state index in [0.717, 1.165) is 51.4 Å². The molecule has 0 amide bonds. The summed E-state index contributed by atoms with van der Waals surface area (Å²) in [6.07, 6.45) is 23.9. The van der Waals surface area contributed by atoms with E-state index in [1.165, 1.54) is 38.5 Å². The third-order valence-electron chi connectivity index (χ3n) is 9.42. The highest BCUT2D eigenvalue weighted by molar-refractivity contribution is 5.71. The van der Waals surface area contributed by atoms with Crippen LogP contribution >= 0.6 is 0 Å². The van der Waals surface area contributed by atoms with Crippen LogP contribution in [0.1, 0.15) is 162 Å². The van der Waals surface area contributed by atoms with Crippen molar-refractivity contribution in [3.63, 3.8) is 0 Å². The quantitative estimate of drug-likeness (QED) is 0.0263. The molecule has 0 aliphatic carbocycles. The smallest absolute Gasteiger partial charge is 0.307 e. The molecule has 0 N–H and O–H groups in total. The zero-order chi connectivity index (χ0) is 41.1. The van der Waals surface area contributed by atoms with Gasteiger partial charge in [-0.1, -0.05) is 102 Å². The molecule has 322 valence electrons. The minimum absolute atomic E-state index is 0.0185. The molecule has 0 bridgehead atoms. The number of hydrogen-bond acceptors (Lipinski definition) is 12. The molecule has 1 aliphatic heterocycles. The van der Waals surface area contributed by atoms with Crippen LogP contribution in [0, 0.1) is 0 Å². The summed E-state index contributed by atoms with van der Waals surface area (Å²) in [4.78, 5) is 63.8. The lowest BCUT2D eigenvalue weighted by Crippen LogP contribution is -2.40. The molecule has 1 rings (SSSR count). The second kappa shape index (κ2) is 35.0. The van der Waals surface area contributed by atoms with Gasteiger partial charge in [0.1, 0.15) is 25.9 Å². The van der Waals surface area contributed by atoms with Crippen LogP contribution in [0.4, 0.5) is 0 Å². The standard InChI is InChI=1S/C44H75NO11/c1-5-7-9-11-13-19-25-33-51-39(46)27-21-15-17-23-29-42(49)55-38-36-53-37(35-54-41(48)31-32-45(3)4)44(38)56-43(50)30-24-18-16-22-28-40(47)52-34-26-20-14-12-10-8-6-2/h19-20,25-26,37-38,44H,5-18,21-24,27-36H2,1-4H3/b25-19-,26-20-/t37-,38+,44+/m1/s1. The van der Waals surface area contributed by atoms with Crippen LogP contribution in [0.15, 0.2) is 24.3 Å². The maximum atomic E-state index is 12.9. The van der Waals surface area contributed by atoms with E-state index in [4.69, 9.17) is 28.4 Å². The Morgan fingerprint density at radius 1 is 0.536 bits per heavy atom. The van der Waals surface area contributed by atoms with E-state index in [0.29, 0.717) is 58.3 Å². The lowest BCUT2D eigenvalue weighted by Gasteiger charge is -2.23. The Kier molecular flexibility index (Phi) is 31.7. The van der Waals surface area contributed by atoms with E-state index in [1.54, 1.807) is 0 Å². The highest BCUT2D eigenvalue weighted by Gasteiger charge is 2.43. The molecule has 0 saturated carbocycles. The summed E-state index contributed by atoms with van der Waals surface area (Å²) in [6, 6.07) is 0. The van der Waals surface area contributed by atoms with Crippen molar-refractivity contribution in [3.8, 4) is 0 Å². The highest BCUT2D eigenvalue weighted by atomic mass is 16.6. The minimum atomic E-state index is -0.907. The van der Waals surface area contributed by atoms with Crippen molar-refractivity contribution >= 4 is 29.8 Å². The van der Waals surface area contributed by atoms with Crippen molar-refractivity contribution in [1.82, 2.24) is 4.90 Å². The fraction of sp³-hybridized carbons (Fsp3) is 0.795. The van der Waals surface area contributed by atoms with Crippen LogP contribution in [-0.4, -0.2) is 100 Å². The van der Waals surface area contributed by atoms with Crippen molar-refractivity contribution in [2.24, 2.45) is 0 Å². The number of hydrogen-bond donors (Lipinski definition) is 0. The maximum absolute atomic E-state index is 12.9. The Morgan fingerprint density at radius 3 is 1.46 bits per heavy atom. The summed E-state index contributed by atoms with van der Waals surface area (Å²) in [6.45, 7) is 5.40. The number of esters is 5. The summed E-state index contributed by atoms with van der Waals surface area (Å²) in [5.41, 5.74) is 0. The molecule has 1 fully saturated rings. The molecule has 56 heavy (non-hydrogen) atoms. The van der Waals surface area contributed by atoms with Gasteiger partial charge in [-0.2, -0.15) is 0 Å². The first-order valence-corrected chi connectivity index (χ1v) is 21.6. The van der Waals surface area contributed by atoms with Crippen molar-refractivity contribution in [1.29, 1.82) is 0 Å². The molecular formula is C44H75NO11. The van der Waals surface area contributed by atoms with E-state index in [2.05, 4.69) is 26.0 Å². The van der Waals surface area contributed by atoms with Gasteiger partial charge in [0.25, 0.3) is 0 Å². The number of nitrogens with zero attached hydrogens (tertiary/aromatic N) is 1. The van der Waals surface area contributed by atoms with E-state index in [-0.39, 0.29) is 44.4 Å². The summed E-state index contributed by atoms with van der Waals surface area (Å²) in [5.74, 6) is -1.72. The summed E-state index contributed by atoms with van der Waals surface area (Å²) in [7, 11) is 3.72. The average molecular weight is 794 g/mol. The van der Waals surface area contributed by atoms with E-state index >= 15 is 0 Å². The Balaban J connectivity index is 2.40. The third-order valence-corrected chi connectivity index (χ3v) is 9.42. The third kappa shape index (κ3) is 29.1. The molecule has 12 nitrogen and oxygen atoms in total. The Bertz CT molecular complexity index is 1120. The topological polar surface area (TPSA) is 144 Å². The van der Waals surface area contributed by atoms with Crippen LogP contribution in [0.3, 0.4) is 0 Å². The van der Waals surface area contributed by atoms with Gasteiger partial charge in [-0.25, -0.2) is 0 Å². The molecule has 0 aromatic carbocycles. The van der Waals surface area contributed by atoms with Crippen LogP contribution in [0.25, 0.3) is 0 Å². The summed E-state index contributed by atoms with van der Waals surface area (Å²) >= 11 is 0. The molecule has 0 radical (unpaired) electrons. The van der Waals surface area contributed by atoms with Crippen LogP contribution in [0.2, 0.25) is 0 Å². The number of rotatable bonds is 35. The van der Waals surface area contributed by atoms with Crippen molar-refractivity contribution in [2.45, 2.75) is 180 Å². The normalized spacial score (nSPS) is 16.8. The van der Waals surface area contributed by atoms with Gasteiger partial charge in [-0.15, -0.1) is 0 Å². The molecule has 12 heteroatoms. The highest BCUT2D eigenvalue weighted by Crippen LogP contribution is 2.24. The minimum Gasteiger partial charge on any atom is -0.463 e. The molecule has 0 aromatic heterocycles. The van der Waals surface area contributed by atoms with Crippen LogP contribution < -0.4 is 0 Å². The lowest BCUT2D eigenvalue weighted by atomic mass is 10.1. The van der Waals surface area contributed by atoms with Crippen LogP contribution in [-0.2, 0) is 52.4 Å². The van der Waals surface area contributed by atoms with Crippen LogP contribution in [0.5, 0.6) is 0 Å². The van der Waals surface area contributed by atoms with Gasteiger partial charge in [-0.05, 0) is 65.5 Å². The number of allylic oxidation sites excluding steroid dienone is 2. The lowest BCUT2D eigenvalue weighted by molar-refractivity contribution is -0.168. The molecule has 0 aromatic rings. The second-order valence-corrected chi connectivity index (χ2v) is 14.9. The average Bonchev–Trinajstić information content (AvgIpc) is 3.54. The van der Waals surface area contributed by atoms with Crippen molar-refractivity contribution in [2.75, 3.05) is 47.1 Å². The van der Waals surface area contributed by atoms with Gasteiger partial charge in [-0.3, -0.25) is 24.0 Å². The molecule has 0 spiro atoms. The molecule has 1 heterocycles. The fourth-order valence-electron chi connectivity index (χ4n) is 6.00. The Morgan fingerprint density at radius 2 is 0.982 bits per heavy atom. The van der Waals surface area contributed by atoms with E-state index in [1.807, 2.05) is 31.1 Å². The summed E-state index contributed by atoms with van der Waals surface area (Å²) in [5, 5.41) is 0. The van der Waals surface area contributed by atoms with Gasteiger partial charge in [0, 0.05) is 32.2 Å². The zero-order valence-corrected chi connectivity index (χ0v) is 35.3. The van der Waals surface area contributed by atoms with Crippen molar-refractivity contribution in [3.05, 3.63) is 24.3 Å². The maximum Gasteiger partial charge on any atom is 0.307 e. The van der Waals surface area contributed by atoms with Gasteiger partial charge in [0.05, 0.1) is 13.0 Å². The monoisotopic (exact) mass is 794 g/mol. The predicted octanol–water partition coefficient (Wildman–Crippen LogP) is 8.52. The zero-order valence-electron chi connectivity index (χ0n) is 35.3. The molecule has 0 unspecified atom stereocenters. The number of carbonyl (C=O) groups excluding carboxylic acids is 5. The first-order valence-electron chi connectivity index (χ1n) is 21.6. The van der Waals surface area contributed by atoms with E-state index < -0.39 is 36.2 Å². The fourth-order valence-corrected chi connectivity index (χ4v) is 6.00. The molecule has 1 aliphatic rings. The van der Waals surface area contributed by atoms with Gasteiger partial charge in [0.15, 0.2) is 12.2 Å². The van der Waals surface area contributed by atoms with E-state index in [9.17, 15) is 24.0 Å². The van der Waals surface area contributed by atoms with Gasteiger partial charge < -0.3 is 33.3 Å². The number of ether oxygens (including phenoxy) is 6. The van der Waals surface area contributed by atoms with Crippen molar-refractivity contribution < 1.29 is 52.4 Å². The predicted molar refractivity (Wildman–Crippen MR) is 217 cm³/mol. The van der Waals surface area contributed by atoms with Gasteiger partial charge in [0.2, 0.25) is 0 Å².